The third-order valence-corrected chi connectivity index (χ3v) is 3.62. The zero-order chi connectivity index (χ0) is 13.8. The Bertz CT molecular complexity index is 413. The van der Waals surface area contributed by atoms with E-state index in [2.05, 4.69) is 11.8 Å². The van der Waals surface area contributed by atoms with Crippen LogP contribution in [0.4, 0.5) is 10.1 Å². The summed E-state index contributed by atoms with van der Waals surface area (Å²) in [7, 11) is 0. The van der Waals surface area contributed by atoms with E-state index in [-0.39, 0.29) is 11.9 Å². The zero-order valence-electron chi connectivity index (χ0n) is 12.0. The van der Waals surface area contributed by atoms with Crippen molar-refractivity contribution in [2.45, 2.75) is 58.0 Å². The molecule has 1 aromatic rings. The van der Waals surface area contributed by atoms with Gasteiger partial charge in [0.15, 0.2) is 0 Å². The van der Waals surface area contributed by atoms with E-state index >= 15 is 0 Å². The molecule has 106 valence electrons. The second-order valence-electron chi connectivity index (χ2n) is 5.75. The quantitative estimate of drug-likeness (QED) is 0.817. The summed E-state index contributed by atoms with van der Waals surface area (Å²) in [6, 6.07) is 6.23. The maximum Gasteiger partial charge on any atom is 0.146 e. The molecule has 0 saturated heterocycles. The van der Waals surface area contributed by atoms with Crippen molar-refractivity contribution in [3.8, 4) is 0 Å². The Morgan fingerprint density at radius 2 is 2.16 bits per heavy atom. The first-order valence-corrected chi connectivity index (χ1v) is 7.42. The molecule has 0 spiro atoms. The standard InChI is InChI=1S/C16H25FN2/c1-3-4-9-19(14-6-7-14)16-8-5-13(10-12(2)18)11-15(16)17/h5,8,11-12,14H,3-4,6-7,9-10,18H2,1-2H3. The molecule has 0 heterocycles. The van der Waals surface area contributed by atoms with E-state index in [0.29, 0.717) is 6.04 Å². The molecule has 2 N–H and O–H groups in total. The van der Waals surface area contributed by atoms with Crippen LogP contribution in [0.2, 0.25) is 0 Å². The molecule has 19 heavy (non-hydrogen) atoms. The Labute approximate surface area is 115 Å². The molecule has 0 aromatic heterocycles. The van der Waals surface area contributed by atoms with E-state index in [0.717, 1.165) is 37.1 Å². The van der Waals surface area contributed by atoms with Crippen molar-refractivity contribution in [1.82, 2.24) is 0 Å². The number of benzene rings is 1. The summed E-state index contributed by atoms with van der Waals surface area (Å²) < 4.78 is 14.3. The number of nitrogens with zero attached hydrogens (tertiary/aromatic N) is 1. The van der Waals surface area contributed by atoms with E-state index in [1.807, 2.05) is 19.1 Å². The van der Waals surface area contributed by atoms with Crippen LogP contribution >= 0.6 is 0 Å². The van der Waals surface area contributed by atoms with Crippen LogP contribution in [-0.2, 0) is 6.42 Å². The molecule has 0 aliphatic heterocycles. The van der Waals surface area contributed by atoms with Crippen molar-refractivity contribution in [3.63, 3.8) is 0 Å². The molecule has 1 atom stereocenters. The average molecular weight is 264 g/mol. The highest BCUT2D eigenvalue weighted by atomic mass is 19.1. The summed E-state index contributed by atoms with van der Waals surface area (Å²) in [4.78, 5) is 2.24. The largest absolute Gasteiger partial charge is 0.366 e. The van der Waals surface area contributed by atoms with Gasteiger partial charge in [-0.3, -0.25) is 0 Å². The third kappa shape index (κ3) is 3.93. The summed E-state index contributed by atoms with van der Waals surface area (Å²) in [6.07, 6.45) is 5.40. The number of hydrogen-bond acceptors (Lipinski definition) is 2. The Balaban J connectivity index is 2.13. The average Bonchev–Trinajstić information content (AvgIpc) is 3.15. The molecular weight excluding hydrogens is 239 g/mol. The molecule has 2 rings (SSSR count). The van der Waals surface area contributed by atoms with Gasteiger partial charge >= 0.3 is 0 Å². The highest BCUT2D eigenvalue weighted by Crippen LogP contribution is 2.33. The molecular formula is C16H25FN2. The van der Waals surface area contributed by atoms with Crippen LogP contribution in [0.3, 0.4) is 0 Å². The van der Waals surface area contributed by atoms with Crippen LogP contribution in [0.5, 0.6) is 0 Å². The number of unbranched alkanes of at least 4 members (excludes halogenated alkanes) is 1. The van der Waals surface area contributed by atoms with Gasteiger partial charge in [-0.1, -0.05) is 19.4 Å². The number of halogens is 1. The Kier molecular flexibility index (Phi) is 4.81. The van der Waals surface area contributed by atoms with E-state index < -0.39 is 0 Å². The zero-order valence-corrected chi connectivity index (χ0v) is 12.0. The molecule has 0 bridgehead atoms. The van der Waals surface area contributed by atoms with Crippen molar-refractivity contribution in [3.05, 3.63) is 29.6 Å². The molecule has 1 aliphatic rings. The van der Waals surface area contributed by atoms with Crippen molar-refractivity contribution in [1.29, 1.82) is 0 Å². The minimum absolute atomic E-state index is 0.0740. The van der Waals surface area contributed by atoms with Gasteiger partial charge in [0, 0.05) is 18.6 Å². The fourth-order valence-electron chi connectivity index (χ4n) is 2.50. The third-order valence-electron chi connectivity index (χ3n) is 3.62. The van der Waals surface area contributed by atoms with Crippen LogP contribution in [0.25, 0.3) is 0 Å². The number of rotatable bonds is 7. The minimum Gasteiger partial charge on any atom is -0.366 e. The van der Waals surface area contributed by atoms with Gasteiger partial charge in [-0.15, -0.1) is 0 Å². The molecule has 1 aromatic carbocycles. The lowest BCUT2D eigenvalue weighted by Crippen LogP contribution is -2.27. The van der Waals surface area contributed by atoms with Gasteiger partial charge in [0.05, 0.1) is 5.69 Å². The SMILES string of the molecule is CCCCN(c1ccc(CC(C)N)cc1F)C1CC1. The highest BCUT2D eigenvalue weighted by Gasteiger charge is 2.30. The first-order valence-electron chi connectivity index (χ1n) is 7.42. The van der Waals surface area contributed by atoms with E-state index in [1.165, 1.54) is 12.8 Å². The Morgan fingerprint density at radius 1 is 1.42 bits per heavy atom. The summed E-state index contributed by atoms with van der Waals surface area (Å²) in [6.45, 7) is 5.08. The maximum atomic E-state index is 14.3. The Morgan fingerprint density at radius 3 is 2.68 bits per heavy atom. The van der Waals surface area contributed by atoms with Crippen LogP contribution in [0.15, 0.2) is 18.2 Å². The highest BCUT2D eigenvalue weighted by molar-refractivity contribution is 5.51. The van der Waals surface area contributed by atoms with Gasteiger partial charge in [-0.25, -0.2) is 4.39 Å². The molecule has 1 saturated carbocycles. The molecule has 1 fully saturated rings. The topological polar surface area (TPSA) is 29.3 Å². The van der Waals surface area contributed by atoms with Gasteiger partial charge in [0.25, 0.3) is 0 Å². The smallest absolute Gasteiger partial charge is 0.146 e. The summed E-state index contributed by atoms with van der Waals surface area (Å²) >= 11 is 0. The number of anilines is 1. The number of nitrogens with two attached hydrogens (primary N) is 1. The summed E-state index contributed by atoms with van der Waals surface area (Å²) in [5, 5.41) is 0. The number of hydrogen-bond donors (Lipinski definition) is 1. The van der Waals surface area contributed by atoms with Gasteiger partial charge in [-0.05, 0) is 50.3 Å². The monoisotopic (exact) mass is 264 g/mol. The molecule has 3 heteroatoms. The Hall–Kier alpha value is -1.09. The molecule has 1 aliphatic carbocycles. The normalized spacial score (nSPS) is 16.4. The second kappa shape index (κ2) is 6.38. The first-order chi connectivity index (χ1) is 9.11. The van der Waals surface area contributed by atoms with Crippen molar-refractivity contribution < 1.29 is 4.39 Å². The fourth-order valence-corrected chi connectivity index (χ4v) is 2.50. The fraction of sp³-hybridized carbons (Fsp3) is 0.625. The second-order valence-corrected chi connectivity index (χ2v) is 5.75. The molecule has 2 nitrogen and oxygen atoms in total. The molecule has 1 unspecified atom stereocenters. The maximum absolute atomic E-state index is 14.3. The van der Waals surface area contributed by atoms with Crippen LogP contribution in [0.1, 0.15) is 45.1 Å². The van der Waals surface area contributed by atoms with Crippen LogP contribution in [-0.4, -0.2) is 18.6 Å². The van der Waals surface area contributed by atoms with Crippen LogP contribution < -0.4 is 10.6 Å². The lowest BCUT2D eigenvalue weighted by molar-refractivity contribution is 0.606. The first kappa shape index (κ1) is 14.3. The van der Waals surface area contributed by atoms with Crippen LogP contribution in [0, 0.1) is 5.82 Å². The summed E-state index contributed by atoms with van der Waals surface area (Å²) in [5.41, 5.74) is 7.52. The molecule has 0 radical (unpaired) electrons. The van der Waals surface area contributed by atoms with E-state index in [9.17, 15) is 4.39 Å². The van der Waals surface area contributed by atoms with Gasteiger partial charge in [0.1, 0.15) is 5.82 Å². The van der Waals surface area contributed by atoms with Gasteiger partial charge in [-0.2, -0.15) is 0 Å². The van der Waals surface area contributed by atoms with E-state index in [1.54, 1.807) is 6.07 Å². The minimum atomic E-state index is -0.0962. The lowest BCUT2D eigenvalue weighted by atomic mass is 10.1. The van der Waals surface area contributed by atoms with Gasteiger partial charge < -0.3 is 10.6 Å². The van der Waals surface area contributed by atoms with E-state index in [4.69, 9.17) is 5.73 Å². The van der Waals surface area contributed by atoms with Gasteiger partial charge in [0.2, 0.25) is 0 Å². The van der Waals surface area contributed by atoms with Crippen molar-refractivity contribution >= 4 is 5.69 Å². The molecule has 0 amide bonds. The predicted octanol–water partition coefficient (Wildman–Crippen LogP) is 3.48. The van der Waals surface area contributed by atoms with Crippen molar-refractivity contribution in [2.75, 3.05) is 11.4 Å². The summed E-state index contributed by atoms with van der Waals surface area (Å²) in [5.74, 6) is -0.0962. The lowest BCUT2D eigenvalue weighted by Gasteiger charge is -2.25. The predicted molar refractivity (Wildman–Crippen MR) is 79.0 cm³/mol. The van der Waals surface area contributed by atoms with Crippen molar-refractivity contribution in [2.24, 2.45) is 5.73 Å².